The molecule has 0 spiro atoms. The second-order valence-electron chi connectivity index (χ2n) is 6.32. The van der Waals surface area contributed by atoms with Gasteiger partial charge in [-0.3, -0.25) is 4.79 Å². The van der Waals surface area contributed by atoms with E-state index in [0.717, 1.165) is 24.3 Å². The van der Waals surface area contributed by atoms with Crippen LogP contribution in [0.1, 0.15) is 12.0 Å². The van der Waals surface area contributed by atoms with Gasteiger partial charge in [-0.15, -0.1) is 24.8 Å². The summed E-state index contributed by atoms with van der Waals surface area (Å²) in [6.07, 6.45) is 1.46. The van der Waals surface area contributed by atoms with Crippen molar-refractivity contribution in [3.63, 3.8) is 0 Å². The largest absolute Gasteiger partial charge is 0.493 e. The summed E-state index contributed by atoms with van der Waals surface area (Å²) < 4.78 is 5.73. The molecule has 2 aromatic carbocycles. The van der Waals surface area contributed by atoms with Crippen molar-refractivity contribution < 1.29 is 9.53 Å². The molecule has 0 aliphatic rings. The first-order valence-electron chi connectivity index (χ1n) is 8.52. The summed E-state index contributed by atoms with van der Waals surface area (Å²) in [7, 11) is 4.07. The van der Waals surface area contributed by atoms with Crippen molar-refractivity contribution in [1.29, 1.82) is 0 Å². The molecule has 2 aromatic rings. The Hall–Kier alpha value is -1.79. The molecule has 27 heavy (non-hydrogen) atoms. The standard InChI is InChI=1S/C20H27N3O2.2ClH/c1-23(2)12-7-13-25-18-11-6-10-17(15-18)22-20(24)19(21)14-16-8-4-3-5-9-16;;/h3-6,8-11,15,19H,7,12-14,21H2,1-2H3,(H,22,24);2*1H. The topological polar surface area (TPSA) is 67.6 Å². The Morgan fingerprint density at radius 3 is 2.48 bits per heavy atom. The van der Waals surface area contributed by atoms with Crippen molar-refractivity contribution in [2.75, 3.05) is 32.6 Å². The molecule has 1 amide bonds. The highest BCUT2D eigenvalue weighted by Gasteiger charge is 2.14. The Bertz CT molecular complexity index is 669. The lowest BCUT2D eigenvalue weighted by atomic mass is 10.1. The summed E-state index contributed by atoms with van der Waals surface area (Å²) in [5.41, 5.74) is 7.75. The van der Waals surface area contributed by atoms with E-state index in [1.54, 1.807) is 0 Å². The zero-order valence-electron chi connectivity index (χ0n) is 15.8. The number of amides is 1. The summed E-state index contributed by atoms with van der Waals surface area (Å²) in [4.78, 5) is 14.4. The molecular formula is C20H29Cl2N3O2. The van der Waals surface area contributed by atoms with Crippen LogP contribution in [-0.4, -0.2) is 44.1 Å². The van der Waals surface area contributed by atoms with E-state index in [0.29, 0.717) is 18.7 Å². The third-order valence-electron chi connectivity index (χ3n) is 3.76. The van der Waals surface area contributed by atoms with Crippen LogP contribution in [0, 0.1) is 0 Å². The van der Waals surface area contributed by atoms with Gasteiger partial charge in [-0.2, -0.15) is 0 Å². The minimum absolute atomic E-state index is 0. The minimum Gasteiger partial charge on any atom is -0.493 e. The first-order chi connectivity index (χ1) is 12.0. The number of anilines is 1. The smallest absolute Gasteiger partial charge is 0.241 e. The molecule has 0 saturated heterocycles. The molecule has 0 aliphatic carbocycles. The molecule has 0 saturated carbocycles. The third kappa shape index (κ3) is 9.63. The van der Waals surface area contributed by atoms with E-state index in [1.165, 1.54) is 0 Å². The molecule has 0 aliphatic heterocycles. The molecule has 0 heterocycles. The second kappa shape index (κ2) is 13.4. The lowest BCUT2D eigenvalue weighted by molar-refractivity contribution is -0.117. The highest BCUT2D eigenvalue weighted by atomic mass is 35.5. The molecule has 0 aromatic heterocycles. The lowest BCUT2D eigenvalue weighted by Gasteiger charge is -2.14. The number of nitrogens with one attached hydrogen (secondary N) is 1. The van der Waals surface area contributed by atoms with Crippen molar-refractivity contribution in [1.82, 2.24) is 4.90 Å². The molecule has 0 fully saturated rings. The molecule has 0 bridgehead atoms. The van der Waals surface area contributed by atoms with Crippen molar-refractivity contribution in [3.8, 4) is 5.75 Å². The first kappa shape index (κ1) is 25.2. The third-order valence-corrected chi connectivity index (χ3v) is 3.76. The number of hydrogen-bond donors (Lipinski definition) is 2. The van der Waals surface area contributed by atoms with Gasteiger partial charge >= 0.3 is 0 Å². The van der Waals surface area contributed by atoms with Crippen LogP contribution in [0.25, 0.3) is 0 Å². The molecule has 2 rings (SSSR count). The van der Waals surface area contributed by atoms with E-state index >= 15 is 0 Å². The summed E-state index contributed by atoms with van der Waals surface area (Å²) >= 11 is 0. The van der Waals surface area contributed by atoms with E-state index in [-0.39, 0.29) is 30.7 Å². The number of rotatable bonds is 9. The molecule has 1 unspecified atom stereocenters. The van der Waals surface area contributed by atoms with Gasteiger partial charge in [0.1, 0.15) is 5.75 Å². The number of nitrogens with zero attached hydrogens (tertiary/aromatic N) is 1. The predicted octanol–water partition coefficient (Wildman–Crippen LogP) is 3.37. The van der Waals surface area contributed by atoms with Crippen LogP contribution >= 0.6 is 24.8 Å². The van der Waals surface area contributed by atoms with Crippen LogP contribution in [0.15, 0.2) is 54.6 Å². The number of nitrogens with two attached hydrogens (primary N) is 1. The Labute approximate surface area is 174 Å². The van der Waals surface area contributed by atoms with Crippen LogP contribution in [0.4, 0.5) is 5.69 Å². The van der Waals surface area contributed by atoms with Gasteiger partial charge in [0.05, 0.1) is 12.6 Å². The Kier molecular flexibility index (Phi) is 12.5. The highest BCUT2D eigenvalue weighted by Crippen LogP contribution is 2.18. The molecule has 3 N–H and O–H groups in total. The van der Waals surface area contributed by atoms with Gasteiger partial charge in [0, 0.05) is 18.3 Å². The molecule has 7 heteroatoms. The lowest BCUT2D eigenvalue weighted by Crippen LogP contribution is -2.37. The van der Waals surface area contributed by atoms with E-state index < -0.39 is 6.04 Å². The van der Waals surface area contributed by atoms with E-state index in [1.807, 2.05) is 68.7 Å². The molecule has 1 atom stereocenters. The maximum Gasteiger partial charge on any atom is 0.241 e. The summed E-state index contributed by atoms with van der Waals surface area (Å²) in [5, 5.41) is 2.86. The van der Waals surface area contributed by atoms with Crippen LogP contribution in [0.5, 0.6) is 5.75 Å². The average molecular weight is 414 g/mol. The fourth-order valence-electron chi connectivity index (χ4n) is 2.43. The molecule has 5 nitrogen and oxygen atoms in total. The minimum atomic E-state index is -0.591. The van der Waals surface area contributed by atoms with Gasteiger partial charge in [-0.1, -0.05) is 36.4 Å². The first-order valence-corrected chi connectivity index (χ1v) is 8.52. The molecular weight excluding hydrogens is 385 g/mol. The van der Waals surface area contributed by atoms with Crippen LogP contribution in [-0.2, 0) is 11.2 Å². The molecule has 0 radical (unpaired) electrons. The number of carbonyl (C=O) groups is 1. The second-order valence-corrected chi connectivity index (χ2v) is 6.32. The average Bonchev–Trinajstić information content (AvgIpc) is 2.60. The van der Waals surface area contributed by atoms with Crippen molar-refractivity contribution >= 4 is 36.4 Å². The van der Waals surface area contributed by atoms with Gasteiger partial charge < -0.3 is 20.7 Å². The van der Waals surface area contributed by atoms with E-state index in [4.69, 9.17) is 10.5 Å². The number of benzene rings is 2. The monoisotopic (exact) mass is 413 g/mol. The SMILES string of the molecule is CN(C)CCCOc1cccc(NC(=O)C(N)Cc2ccccc2)c1.Cl.Cl. The number of carbonyl (C=O) groups excluding carboxylic acids is 1. The summed E-state index contributed by atoms with van der Waals surface area (Å²) in [6.45, 7) is 1.62. The van der Waals surface area contributed by atoms with Crippen LogP contribution in [0.2, 0.25) is 0 Å². The van der Waals surface area contributed by atoms with Gasteiger partial charge in [-0.25, -0.2) is 0 Å². The maximum atomic E-state index is 12.3. The summed E-state index contributed by atoms with van der Waals surface area (Å²) in [5.74, 6) is 0.543. The molecule has 150 valence electrons. The van der Waals surface area contributed by atoms with Gasteiger partial charge in [-0.05, 0) is 44.6 Å². The van der Waals surface area contributed by atoms with Crippen molar-refractivity contribution in [2.24, 2.45) is 5.73 Å². The zero-order chi connectivity index (χ0) is 18.1. The number of hydrogen-bond acceptors (Lipinski definition) is 4. The Balaban J connectivity index is 0.00000338. The Morgan fingerprint density at radius 2 is 1.81 bits per heavy atom. The summed E-state index contributed by atoms with van der Waals surface area (Å²) in [6, 6.07) is 16.6. The van der Waals surface area contributed by atoms with Gasteiger partial charge in [0.15, 0.2) is 0 Å². The fraction of sp³-hybridized carbons (Fsp3) is 0.350. The van der Waals surface area contributed by atoms with Gasteiger partial charge in [0.25, 0.3) is 0 Å². The van der Waals surface area contributed by atoms with Crippen LogP contribution in [0.3, 0.4) is 0 Å². The highest BCUT2D eigenvalue weighted by molar-refractivity contribution is 5.95. The van der Waals surface area contributed by atoms with Gasteiger partial charge in [0.2, 0.25) is 5.91 Å². The Morgan fingerprint density at radius 1 is 1.11 bits per heavy atom. The van der Waals surface area contributed by atoms with Crippen molar-refractivity contribution in [2.45, 2.75) is 18.9 Å². The number of ether oxygens (including phenoxy) is 1. The van der Waals surface area contributed by atoms with Crippen LogP contribution < -0.4 is 15.8 Å². The predicted molar refractivity (Wildman–Crippen MR) is 116 cm³/mol. The van der Waals surface area contributed by atoms with E-state index in [2.05, 4.69) is 10.2 Å². The zero-order valence-corrected chi connectivity index (χ0v) is 17.4. The number of halogens is 2. The fourth-order valence-corrected chi connectivity index (χ4v) is 2.43. The van der Waals surface area contributed by atoms with Crippen molar-refractivity contribution in [3.05, 3.63) is 60.2 Å². The normalized spacial score (nSPS) is 11.1. The quantitative estimate of drug-likeness (QED) is 0.618. The maximum absolute atomic E-state index is 12.3. The van der Waals surface area contributed by atoms with E-state index in [9.17, 15) is 4.79 Å².